The molecule has 250 valence electrons. The van der Waals surface area contributed by atoms with E-state index in [0.717, 1.165) is 39.4 Å². The molecule has 7 aromatic carbocycles. The smallest absolute Gasteiger partial charge is 0.162 e. The predicted molar refractivity (Wildman–Crippen MR) is 219 cm³/mol. The summed E-state index contributed by atoms with van der Waals surface area (Å²) < 4.78 is 4.71. The molecule has 11 rings (SSSR count). The average Bonchev–Trinajstić information content (AvgIpc) is 3.80. The molecule has 0 bridgehead atoms. The zero-order valence-electron chi connectivity index (χ0n) is 29.5. The Hall–Kier alpha value is -6.78. The fourth-order valence-electron chi connectivity index (χ4n) is 8.83. The zero-order chi connectivity index (χ0) is 35.3. The maximum absolute atomic E-state index is 5.25. The number of hydrogen-bond acceptors (Lipinski definition) is 2. The second-order valence-electron chi connectivity index (χ2n) is 14.7. The summed E-state index contributed by atoms with van der Waals surface area (Å²) in [5.41, 5.74) is 13.9. The Morgan fingerprint density at radius 1 is 0.415 bits per heavy atom. The molecule has 4 heteroatoms. The first-order chi connectivity index (χ1) is 26.0. The lowest BCUT2D eigenvalue weighted by atomic mass is 9.82. The second kappa shape index (κ2) is 11.1. The Morgan fingerprint density at radius 2 is 1.02 bits per heavy atom. The summed E-state index contributed by atoms with van der Waals surface area (Å²) in [5, 5.41) is 4.92. The van der Waals surface area contributed by atoms with Gasteiger partial charge in [-0.05, 0) is 64.7 Å². The third-order valence-electron chi connectivity index (χ3n) is 11.3. The van der Waals surface area contributed by atoms with E-state index in [4.69, 9.17) is 9.97 Å². The minimum Gasteiger partial charge on any atom is -0.309 e. The van der Waals surface area contributed by atoms with Gasteiger partial charge in [-0.25, -0.2) is 9.97 Å². The molecule has 0 aliphatic heterocycles. The van der Waals surface area contributed by atoms with E-state index >= 15 is 0 Å². The lowest BCUT2D eigenvalue weighted by Gasteiger charge is -2.21. The number of hydrogen-bond donors (Lipinski definition) is 0. The number of aromatic nitrogens is 4. The van der Waals surface area contributed by atoms with Crippen LogP contribution in [0.25, 0.3) is 88.9 Å². The molecule has 0 saturated carbocycles. The molecule has 10 aromatic rings. The van der Waals surface area contributed by atoms with Crippen LogP contribution in [0.4, 0.5) is 0 Å². The molecule has 0 N–H and O–H groups in total. The summed E-state index contributed by atoms with van der Waals surface area (Å²) in [7, 11) is 0. The minimum atomic E-state index is -0.0960. The van der Waals surface area contributed by atoms with Crippen molar-refractivity contribution in [2.75, 3.05) is 0 Å². The van der Waals surface area contributed by atoms with Crippen molar-refractivity contribution < 1.29 is 0 Å². The average molecular weight is 679 g/mol. The van der Waals surface area contributed by atoms with E-state index in [1.54, 1.807) is 0 Å². The van der Waals surface area contributed by atoms with Crippen LogP contribution in [0.2, 0.25) is 0 Å². The molecule has 0 saturated heterocycles. The van der Waals surface area contributed by atoms with E-state index in [9.17, 15) is 0 Å². The summed E-state index contributed by atoms with van der Waals surface area (Å²) in [6.07, 6.45) is 0. The lowest BCUT2D eigenvalue weighted by molar-refractivity contribution is 0.661. The highest BCUT2D eigenvalue weighted by Gasteiger charge is 2.36. The van der Waals surface area contributed by atoms with Gasteiger partial charge in [0.25, 0.3) is 0 Å². The highest BCUT2D eigenvalue weighted by Crippen LogP contribution is 2.51. The molecular formula is C49H34N4. The number of benzene rings is 7. The molecule has 0 unspecified atom stereocenters. The van der Waals surface area contributed by atoms with Crippen LogP contribution in [0.1, 0.15) is 25.0 Å². The largest absolute Gasteiger partial charge is 0.309 e. The SMILES string of the molecule is CC1(C)c2ccccc2-c2cc3c4ccccc4n(-c4cccc(-c5cc(-n6c7ccccc7c7ccccc76)nc(-c6ccccc6)n5)c4)c3cc21. The Labute approximate surface area is 307 Å². The number of para-hydroxylation sites is 3. The first-order valence-corrected chi connectivity index (χ1v) is 18.3. The molecule has 1 aliphatic rings. The van der Waals surface area contributed by atoms with E-state index < -0.39 is 0 Å². The molecule has 3 aromatic heterocycles. The van der Waals surface area contributed by atoms with Crippen molar-refractivity contribution in [3.63, 3.8) is 0 Å². The number of rotatable bonds is 4. The van der Waals surface area contributed by atoms with Crippen molar-refractivity contribution >= 4 is 43.6 Å². The Morgan fingerprint density at radius 3 is 1.75 bits per heavy atom. The Balaban J connectivity index is 1.14. The van der Waals surface area contributed by atoms with Gasteiger partial charge in [-0.1, -0.05) is 135 Å². The molecule has 0 fully saturated rings. The van der Waals surface area contributed by atoms with Crippen molar-refractivity contribution in [1.82, 2.24) is 19.1 Å². The molecular weight excluding hydrogens is 645 g/mol. The molecule has 0 radical (unpaired) electrons. The minimum absolute atomic E-state index is 0.0960. The van der Waals surface area contributed by atoms with Crippen LogP contribution in [0.15, 0.2) is 170 Å². The van der Waals surface area contributed by atoms with Crippen LogP contribution in [-0.2, 0) is 5.41 Å². The lowest BCUT2D eigenvalue weighted by Crippen LogP contribution is -2.14. The van der Waals surface area contributed by atoms with Gasteiger partial charge in [0.15, 0.2) is 5.82 Å². The van der Waals surface area contributed by atoms with Crippen LogP contribution in [0, 0.1) is 0 Å². The maximum atomic E-state index is 5.25. The third-order valence-corrected chi connectivity index (χ3v) is 11.3. The quantitative estimate of drug-likeness (QED) is 0.186. The second-order valence-corrected chi connectivity index (χ2v) is 14.7. The van der Waals surface area contributed by atoms with Crippen LogP contribution in [-0.4, -0.2) is 19.1 Å². The summed E-state index contributed by atoms with van der Waals surface area (Å²) in [6.45, 7) is 4.70. The van der Waals surface area contributed by atoms with Gasteiger partial charge in [0.1, 0.15) is 5.82 Å². The molecule has 0 amide bonds. The van der Waals surface area contributed by atoms with Crippen LogP contribution < -0.4 is 0 Å². The summed E-state index contributed by atoms with van der Waals surface area (Å²) in [5.74, 6) is 1.53. The molecule has 4 nitrogen and oxygen atoms in total. The number of fused-ring (bicyclic) bond motifs is 9. The first-order valence-electron chi connectivity index (χ1n) is 18.3. The van der Waals surface area contributed by atoms with Crippen molar-refractivity contribution in [3.05, 3.63) is 181 Å². The molecule has 0 spiro atoms. The van der Waals surface area contributed by atoms with Gasteiger partial charge < -0.3 is 4.57 Å². The van der Waals surface area contributed by atoms with E-state index in [2.05, 4.69) is 175 Å². The fraction of sp³-hybridized carbons (Fsp3) is 0.0612. The highest BCUT2D eigenvalue weighted by atomic mass is 15.1. The number of nitrogens with zero attached hydrogens (tertiary/aromatic N) is 4. The maximum Gasteiger partial charge on any atom is 0.162 e. The van der Waals surface area contributed by atoms with E-state index in [1.165, 1.54) is 54.8 Å². The summed E-state index contributed by atoms with van der Waals surface area (Å²) in [6, 6.07) is 61.0. The normalized spacial score (nSPS) is 13.2. The van der Waals surface area contributed by atoms with Crippen molar-refractivity contribution in [2.24, 2.45) is 0 Å². The van der Waals surface area contributed by atoms with Crippen LogP contribution in [0.5, 0.6) is 0 Å². The van der Waals surface area contributed by atoms with Crippen molar-refractivity contribution in [3.8, 4) is 45.3 Å². The topological polar surface area (TPSA) is 35.6 Å². The monoisotopic (exact) mass is 678 g/mol. The van der Waals surface area contributed by atoms with Crippen molar-refractivity contribution in [1.29, 1.82) is 0 Å². The summed E-state index contributed by atoms with van der Waals surface area (Å²) >= 11 is 0. The van der Waals surface area contributed by atoms with Crippen LogP contribution >= 0.6 is 0 Å². The van der Waals surface area contributed by atoms with E-state index in [-0.39, 0.29) is 5.41 Å². The van der Waals surface area contributed by atoms with Gasteiger partial charge in [-0.3, -0.25) is 4.57 Å². The standard InChI is InChI=1S/C49H34N4/c1-49(2)40-23-10-6-19-34(40)38-28-39-37-22-9-11-24-43(37)52(46(39)29-41(38)49)33-18-14-17-32(27-33)42-30-47(51-48(50-42)31-15-4-3-5-16-31)53-44-25-12-7-20-35(44)36-21-8-13-26-45(36)53/h3-30H,1-2H3. The molecule has 3 heterocycles. The van der Waals surface area contributed by atoms with E-state index in [1.807, 2.05) is 18.2 Å². The zero-order valence-corrected chi connectivity index (χ0v) is 29.5. The van der Waals surface area contributed by atoms with Gasteiger partial charge in [-0.2, -0.15) is 0 Å². The van der Waals surface area contributed by atoms with Gasteiger partial charge in [-0.15, -0.1) is 0 Å². The predicted octanol–water partition coefficient (Wildman–Crippen LogP) is 12.3. The van der Waals surface area contributed by atoms with Crippen molar-refractivity contribution in [2.45, 2.75) is 19.3 Å². The van der Waals surface area contributed by atoms with E-state index in [0.29, 0.717) is 5.82 Å². The highest BCUT2D eigenvalue weighted by molar-refractivity contribution is 6.12. The van der Waals surface area contributed by atoms with Gasteiger partial charge in [0.05, 0.1) is 27.8 Å². The Kier molecular flexibility index (Phi) is 6.27. The molecule has 53 heavy (non-hydrogen) atoms. The molecule has 1 aliphatic carbocycles. The van der Waals surface area contributed by atoms with Crippen LogP contribution in [0.3, 0.4) is 0 Å². The first kappa shape index (κ1) is 29.9. The van der Waals surface area contributed by atoms with Gasteiger partial charge >= 0.3 is 0 Å². The Bertz CT molecular complexity index is 3040. The van der Waals surface area contributed by atoms with Gasteiger partial charge in [0.2, 0.25) is 0 Å². The third kappa shape index (κ3) is 4.36. The fourth-order valence-corrected chi connectivity index (χ4v) is 8.83. The van der Waals surface area contributed by atoms with Gasteiger partial charge in [0, 0.05) is 49.8 Å². The molecule has 0 atom stereocenters. The summed E-state index contributed by atoms with van der Waals surface area (Å²) in [4.78, 5) is 10.5.